The first-order chi connectivity index (χ1) is 6.11. The normalized spacial score (nSPS) is 23.5. The first-order valence-corrected chi connectivity index (χ1v) is 3.58. The Labute approximate surface area is 78.3 Å². The summed E-state index contributed by atoms with van der Waals surface area (Å²) < 4.78 is 25.9. The molecule has 0 saturated heterocycles. The van der Waals surface area contributed by atoms with Gasteiger partial charge in [-0.25, -0.2) is 8.78 Å². The SMILES string of the molecule is N#C[C]1C(F)=C(Cl)C=C(C#N)C1F. The molecule has 2 nitrogen and oxygen atoms in total. The van der Waals surface area contributed by atoms with Gasteiger partial charge in [-0.15, -0.1) is 0 Å². The van der Waals surface area contributed by atoms with Crippen LogP contribution in [-0.4, -0.2) is 6.17 Å². The maximum absolute atomic E-state index is 13.1. The van der Waals surface area contributed by atoms with Gasteiger partial charge in [-0.2, -0.15) is 10.5 Å². The lowest BCUT2D eigenvalue weighted by atomic mass is 9.93. The van der Waals surface area contributed by atoms with Gasteiger partial charge in [0.1, 0.15) is 5.83 Å². The second-order valence-corrected chi connectivity index (χ2v) is 2.67. The Kier molecular flexibility index (Phi) is 2.65. The van der Waals surface area contributed by atoms with Crippen molar-refractivity contribution >= 4 is 11.6 Å². The number of nitrogens with zero attached hydrogens (tertiary/aromatic N) is 2. The number of allylic oxidation sites excluding steroid dienone is 4. The van der Waals surface area contributed by atoms with Crippen molar-refractivity contribution in [1.82, 2.24) is 0 Å². The van der Waals surface area contributed by atoms with Crippen LogP contribution in [0.5, 0.6) is 0 Å². The van der Waals surface area contributed by atoms with Gasteiger partial charge in [0.2, 0.25) is 0 Å². The van der Waals surface area contributed by atoms with Crippen molar-refractivity contribution in [3.05, 3.63) is 28.4 Å². The summed E-state index contributed by atoms with van der Waals surface area (Å²) in [5.41, 5.74) is -0.358. The highest BCUT2D eigenvalue weighted by Crippen LogP contribution is 2.35. The van der Waals surface area contributed by atoms with Gasteiger partial charge in [-0.3, -0.25) is 0 Å². The fraction of sp³-hybridized carbons (Fsp3) is 0.125. The van der Waals surface area contributed by atoms with E-state index in [2.05, 4.69) is 0 Å². The van der Waals surface area contributed by atoms with Crippen LogP contribution in [0.25, 0.3) is 0 Å². The van der Waals surface area contributed by atoms with E-state index in [0.717, 1.165) is 6.08 Å². The highest BCUT2D eigenvalue weighted by Gasteiger charge is 2.35. The Hall–Kier alpha value is -1.39. The van der Waals surface area contributed by atoms with Gasteiger partial charge in [0.05, 0.1) is 22.7 Å². The minimum atomic E-state index is -2.00. The van der Waals surface area contributed by atoms with Crippen molar-refractivity contribution in [3.8, 4) is 12.1 Å². The second-order valence-electron chi connectivity index (χ2n) is 2.26. The molecule has 0 aliphatic heterocycles. The van der Waals surface area contributed by atoms with Gasteiger partial charge in [0, 0.05) is 0 Å². The number of nitriles is 2. The van der Waals surface area contributed by atoms with Gasteiger partial charge < -0.3 is 0 Å². The van der Waals surface area contributed by atoms with E-state index < -0.39 is 22.9 Å². The van der Waals surface area contributed by atoms with Gasteiger partial charge in [-0.05, 0) is 6.08 Å². The highest BCUT2D eigenvalue weighted by atomic mass is 35.5. The van der Waals surface area contributed by atoms with Crippen LogP contribution >= 0.6 is 11.6 Å². The molecule has 1 aliphatic carbocycles. The predicted molar refractivity (Wildman–Crippen MR) is 41.4 cm³/mol. The van der Waals surface area contributed by atoms with Crippen LogP contribution < -0.4 is 0 Å². The van der Waals surface area contributed by atoms with Crippen molar-refractivity contribution in [2.24, 2.45) is 0 Å². The van der Waals surface area contributed by atoms with Crippen molar-refractivity contribution in [2.75, 3.05) is 0 Å². The third-order valence-electron chi connectivity index (χ3n) is 1.50. The van der Waals surface area contributed by atoms with Crippen LogP contribution in [0.1, 0.15) is 0 Å². The molecule has 0 saturated carbocycles. The van der Waals surface area contributed by atoms with Crippen molar-refractivity contribution in [1.29, 1.82) is 10.5 Å². The summed E-state index contributed by atoms with van der Waals surface area (Å²) in [5.74, 6) is -1.85. The summed E-state index contributed by atoms with van der Waals surface area (Å²) >= 11 is 5.32. The Morgan fingerprint density at radius 2 is 2.00 bits per heavy atom. The first-order valence-electron chi connectivity index (χ1n) is 3.20. The maximum Gasteiger partial charge on any atom is 0.174 e. The highest BCUT2D eigenvalue weighted by molar-refractivity contribution is 6.32. The molecule has 0 spiro atoms. The molecule has 0 aromatic rings. The standard InChI is InChI=1S/C8H2ClF2N2/c9-6-1-4(2-12)7(10)5(3-13)8(6)11/h1,7H. The summed E-state index contributed by atoms with van der Waals surface area (Å²) in [6, 6.07) is 2.83. The summed E-state index contributed by atoms with van der Waals surface area (Å²) in [6.07, 6.45) is -1.12. The first kappa shape index (κ1) is 9.70. The number of hydrogen-bond acceptors (Lipinski definition) is 2. The molecule has 0 fully saturated rings. The average molecular weight is 200 g/mol. The zero-order valence-corrected chi connectivity index (χ0v) is 6.94. The predicted octanol–water partition coefficient (Wildman–Crippen LogP) is 2.31. The van der Waals surface area contributed by atoms with Crippen LogP contribution in [0.2, 0.25) is 0 Å². The van der Waals surface area contributed by atoms with Gasteiger partial charge in [0.25, 0.3) is 0 Å². The minimum Gasteiger partial charge on any atom is -0.239 e. The minimum absolute atomic E-state index is 0.358. The van der Waals surface area contributed by atoms with Crippen molar-refractivity contribution in [2.45, 2.75) is 6.17 Å². The molecule has 1 radical (unpaired) electrons. The van der Waals surface area contributed by atoms with Crippen molar-refractivity contribution in [3.63, 3.8) is 0 Å². The number of rotatable bonds is 0. The molecule has 0 amide bonds. The molecular weight excluding hydrogens is 198 g/mol. The van der Waals surface area contributed by atoms with Gasteiger partial charge >= 0.3 is 0 Å². The summed E-state index contributed by atoms with van der Waals surface area (Å²) in [7, 11) is 0. The molecule has 5 heteroatoms. The fourth-order valence-electron chi connectivity index (χ4n) is 0.863. The lowest BCUT2D eigenvalue weighted by Crippen LogP contribution is -2.18. The number of hydrogen-bond donors (Lipinski definition) is 0. The Morgan fingerprint density at radius 1 is 1.38 bits per heavy atom. The van der Waals surface area contributed by atoms with E-state index in [1.54, 1.807) is 0 Å². The molecule has 1 rings (SSSR count). The van der Waals surface area contributed by atoms with E-state index in [4.69, 9.17) is 22.1 Å². The van der Waals surface area contributed by atoms with E-state index in [9.17, 15) is 8.78 Å². The largest absolute Gasteiger partial charge is 0.239 e. The Balaban J connectivity index is 3.19. The Bertz CT molecular complexity index is 373. The topological polar surface area (TPSA) is 47.6 Å². The molecular formula is C8H2ClF2N2. The summed E-state index contributed by atoms with van der Waals surface area (Å²) in [4.78, 5) is 0. The molecule has 0 heterocycles. The molecule has 65 valence electrons. The van der Waals surface area contributed by atoms with Crippen LogP contribution in [0.3, 0.4) is 0 Å². The van der Waals surface area contributed by atoms with Crippen molar-refractivity contribution < 1.29 is 8.78 Å². The van der Waals surface area contributed by atoms with E-state index in [1.807, 2.05) is 0 Å². The van der Waals surface area contributed by atoms with E-state index in [1.165, 1.54) is 12.1 Å². The zero-order valence-electron chi connectivity index (χ0n) is 6.18. The maximum atomic E-state index is 13.1. The zero-order chi connectivity index (χ0) is 10.0. The van der Waals surface area contributed by atoms with E-state index in [-0.39, 0.29) is 5.57 Å². The molecule has 0 aromatic carbocycles. The lowest BCUT2D eigenvalue weighted by molar-refractivity contribution is 0.397. The summed E-state index contributed by atoms with van der Waals surface area (Å²) in [5, 5.41) is 16.3. The lowest BCUT2D eigenvalue weighted by Gasteiger charge is -2.15. The third kappa shape index (κ3) is 1.54. The quantitative estimate of drug-likeness (QED) is 0.601. The van der Waals surface area contributed by atoms with Gasteiger partial charge in [-0.1, -0.05) is 11.6 Å². The van der Waals surface area contributed by atoms with E-state index in [0.29, 0.717) is 0 Å². The van der Waals surface area contributed by atoms with Crippen LogP contribution in [-0.2, 0) is 0 Å². The molecule has 1 atom stereocenters. The monoisotopic (exact) mass is 199 g/mol. The number of halogens is 3. The molecule has 1 unspecified atom stereocenters. The van der Waals surface area contributed by atoms with Gasteiger partial charge in [0.15, 0.2) is 12.1 Å². The van der Waals surface area contributed by atoms with Crippen LogP contribution in [0, 0.1) is 28.6 Å². The summed E-state index contributed by atoms with van der Waals surface area (Å²) in [6.45, 7) is 0. The second kappa shape index (κ2) is 3.55. The molecule has 0 N–H and O–H groups in total. The van der Waals surface area contributed by atoms with E-state index >= 15 is 0 Å². The third-order valence-corrected chi connectivity index (χ3v) is 1.78. The molecule has 13 heavy (non-hydrogen) atoms. The number of alkyl halides is 1. The average Bonchev–Trinajstić information content (AvgIpc) is 2.12. The molecule has 0 bridgehead atoms. The van der Waals surface area contributed by atoms with Crippen LogP contribution in [0.15, 0.2) is 22.5 Å². The van der Waals surface area contributed by atoms with Crippen LogP contribution in [0.4, 0.5) is 8.78 Å². The molecule has 1 aliphatic rings. The Morgan fingerprint density at radius 3 is 2.46 bits per heavy atom. The fourth-order valence-corrected chi connectivity index (χ4v) is 1.08. The molecule has 0 aromatic heterocycles. The smallest absolute Gasteiger partial charge is 0.174 e.